The third-order valence-electron chi connectivity index (χ3n) is 3.37. The number of hydrogen-bond acceptors (Lipinski definition) is 3. The van der Waals surface area contributed by atoms with E-state index in [1.54, 1.807) is 18.9 Å². The van der Waals surface area contributed by atoms with Gasteiger partial charge in [0.2, 0.25) is 0 Å². The monoisotopic (exact) mass is 307 g/mol. The van der Waals surface area contributed by atoms with Crippen molar-refractivity contribution in [3.05, 3.63) is 78.5 Å². The standard InChI is InChI=1S/C19H17NOS/c1-21-17-11-9-15(10-12-17)14-22-18-8-5-13-20-19(18)16-6-3-2-4-7-16/h2-13H,14H2,1H3. The van der Waals surface area contributed by atoms with Crippen LogP contribution in [-0.2, 0) is 5.75 Å². The van der Waals surface area contributed by atoms with Crippen LogP contribution in [0.3, 0.4) is 0 Å². The molecule has 0 aliphatic heterocycles. The maximum atomic E-state index is 5.19. The van der Waals surface area contributed by atoms with Crippen molar-refractivity contribution in [1.29, 1.82) is 0 Å². The van der Waals surface area contributed by atoms with Gasteiger partial charge in [-0.3, -0.25) is 4.98 Å². The smallest absolute Gasteiger partial charge is 0.118 e. The lowest BCUT2D eigenvalue weighted by atomic mass is 10.1. The molecule has 0 N–H and O–H groups in total. The van der Waals surface area contributed by atoms with Crippen molar-refractivity contribution in [3.8, 4) is 17.0 Å². The summed E-state index contributed by atoms with van der Waals surface area (Å²) < 4.78 is 5.19. The Hall–Kier alpha value is -2.26. The molecule has 0 radical (unpaired) electrons. The predicted molar refractivity (Wildman–Crippen MR) is 92.2 cm³/mol. The topological polar surface area (TPSA) is 22.1 Å². The molecule has 1 aromatic heterocycles. The van der Waals surface area contributed by atoms with Crippen molar-refractivity contribution >= 4 is 11.8 Å². The number of thioether (sulfide) groups is 1. The number of rotatable bonds is 5. The first-order chi connectivity index (χ1) is 10.9. The van der Waals surface area contributed by atoms with E-state index in [4.69, 9.17) is 4.74 Å². The van der Waals surface area contributed by atoms with Gasteiger partial charge in [0.15, 0.2) is 0 Å². The van der Waals surface area contributed by atoms with E-state index in [0.29, 0.717) is 0 Å². The molecule has 0 aliphatic carbocycles. The third-order valence-corrected chi connectivity index (χ3v) is 4.49. The molecule has 0 fully saturated rings. The van der Waals surface area contributed by atoms with E-state index in [-0.39, 0.29) is 0 Å². The summed E-state index contributed by atoms with van der Waals surface area (Å²) in [6.45, 7) is 0. The second-order valence-corrected chi connectivity index (χ2v) is 5.87. The fraction of sp³-hybridized carbons (Fsp3) is 0.105. The molecule has 0 saturated carbocycles. The zero-order valence-corrected chi connectivity index (χ0v) is 13.2. The third kappa shape index (κ3) is 3.49. The molecular formula is C19H17NOS. The minimum atomic E-state index is 0.889. The average Bonchev–Trinajstić information content (AvgIpc) is 2.61. The van der Waals surface area contributed by atoms with Crippen molar-refractivity contribution in [1.82, 2.24) is 4.98 Å². The van der Waals surface area contributed by atoms with Crippen LogP contribution in [-0.4, -0.2) is 12.1 Å². The molecule has 3 rings (SSSR count). The van der Waals surface area contributed by atoms with Gasteiger partial charge in [0.05, 0.1) is 12.8 Å². The van der Waals surface area contributed by atoms with Crippen LogP contribution in [0.2, 0.25) is 0 Å². The molecule has 0 spiro atoms. The van der Waals surface area contributed by atoms with Crippen molar-refractivity contribution in [3.63, 3.8) is 0 Å². The fourth-order valence-electron chi connectivity index (χ4n) is 2.20. The van der Waals surface area contributed by atoms with Crippen LogP contribution >= 0.6 is 11.8 Å². The Morgan fingerprint density at radius 1 is 0.909 bits per heavy atom. The van der Waals surface area contributed by atoms with E-state index in [0.717, 1.165) is 22.8 Å². The highest BCUT2D eigenvalue weighted by molar-refractivity contribution is 7.98. The van der Waals surface area contributed by atoms with Crippen molar-refractivity contribution in [2.45, 2.75) is 10.6 Å². The highest BCUT2D eigenvalue weighted by Gasteiger charge is 2.06. The van der Waals surface area contributed by atoms with Gasteiger partial charge in [-0.25, -0.2) is 0 Å². The highest BCUT2D eigenvalue weighted by Crippen LogP contribution is 2.31. The van der Waals surface area contributed by atoms with Crippen molar-refractivity contribution in [2.24, 2.45) is 0 Å². The molecule has 22 heavy (non-hydrogen) atoms. The van der Waals surface area contributed by atoms with Gasteiger partial charge < -0.3 is 4.74 Å². The largest absolute Gasteiger partial charge is 0.497 e. The normalized spacial score (nSPS) is 10.4. The SMILES string of the molecule is COc1ccc(CSc2cccnc2-c2ccccc2)cc1. The quantitative estimate of drug-likeness (QED) is 0.616. The first-order valence-electron chi connectivity index (χ1n) is 7.13. The number of hydrogen-bond donors (Lipinski definition) is 0. The Bertz CT molecular complexity index is 726. The number of methoxy groups -OCH3 is 1. The van der Waals surface area contributed by atoms with E-state index < -0.39 is 0 Å². The van der Waals surface area contributed by atoms with Crippen LogP contribution in [0.25, 0.3) is 11.3 Å². The fourth-order valence-corrected chi connectivity index (χ4v) is 3.20. The Morgan fingerprint density at radius 3 is 2.41 bits per heavy atom. The lowest BCUT2D eigenvalue weighted by molar-refractivity contribution is 0.414. The van der Waals surface area contributed by atoms with Gasteiger partial charge in [0.25, 0.3) is 0 Å². The zero-order valence-electron chi connectivity index (χ0n) is 12.4. The lowest BCUT2D eigenvalue weighted by Crippen LogP contribution is -1.88. The van der Waals surface area contributed by atoms with Gasteiger partial charge >= 0.3 is 0 Å². The molecule has 0 unspecified atom stereocenters. The van der Waals surface area contributed by atoms with Crippen LogP contribution in [0.1, 0.15) is 5.56 Å². The molecule has 3 heteroatoms. The molecule has 0 bridgehead atoms. The van der Waals surface area contributed by atoms with Gasteiger partial charge in [0, 0.05) is 22.4 Å². The second-order valence-electron chi connectivity index (χ2n) is 4.85. The Morgan fingerprint density at radius 2 is 1.68 bits per heavy atom. The van der Waals surface area contributed by atoms with E-state index in [9.17, 15) is 0 Å². The first kappa shape index (κ1) is 14.7. The number of pyridine rings is 1. The van der Waals surface area contributed by atoms with Crippen molar-refractivity contribution < 1.29 is 4.74 Å². The zero-order chi connectivity index (χ0) is 15.2. The number of aromatic nitrogens is 1. The molecule has 110 valence electrons. The Labute approximate surface area is 135 Å². The molecule has 0 atom stereocenters. The average molecular weight is 307 g/mol. The predicted octanol–water partition coefficient (Wildman–Crippen LogP) is 5.05. The first-order valence-corrected chi connectivity index (χ1v) is 8.11. The number of ether oxygens (including phenoxy) is 1. The molecule has 0 amide bonds. The van der Waals surface area contributed by atoms with Gasteiger partial charge in [-0.05, 0) is 29.8 Å². The van der Waals surface area contributed by atoms with E-state index in [2.05, 4.69) is 35.3 Å². The van der Waals surface area contributed by atoms with Crippen LogP contribution < -0.4 is 4.74 Å². The summed E-state index contributed by atoms with van der Waals surface area (Å²) in [5, 5.41) is 0. The van der Waals surface area contributed by atoms with Crippen LogP contribution in [0.4, 0.5) is 0 Å². The summed E-state index contributed by atoms with van der Waals surface area (Å²) in [6, 6.07) is 22.6. The van der Waals surface area contributed by atoms with Crippen LogP contribution in [0, 0.1) is 0 Å². The number of benzene rings is 2. The Balaban J connectivity index is 1.78. The minimum Gasteiger partial charge on any atom is -0.497 e. The minimum absolute atomic E-state index is 0.889. The maximum Gasteiger partial charge on any atom is 0.118 e. The Kier molecular flexibility index (Phi) is 4.76. The summed E-state index contributed by atoms with van der Waals surface area (Å²) >= 11 is 1.81. The van der Waals surface area contributed by atoms with Gasteiger partial charge in [0.1, 0.15) is 5.75 Å². The van der Waals surface area contributed by atoms with Crippen molar-refractivity contribution in [2.75, 3.05) is 7.11 Å². The van der Waals surface area contributed by atoms with E-state index in [1.165, 1.54) is 10.5 Å². The summed E-state index contributed by atoms with van der Waals surface area (Å²) in [5.41, 5.74) is 3.47. The van der Waals surface area contributed by atoms with Gasteiger partial charge in [-0.2, -0.15) is 0 Å². The summed E-state index contributed by atoms with van der Waals surface area (Å²) in [4.78, 5) is 5.75. The summed E-state index contributed by atoms with van der Waals surface area (Å²) in [7, 11) is 1.69. The van der Waals surface area contributed by atoms with Gasteiger partial charge in [-0.15, -0.1) is 11.8 Å². The molecule has 0 saturated heterocycles. The highest BCUT2D eigenvalue weighted by atomic mass is 32.2. The van der Waals surface area contributed by atoms with Gasteiger partial charge in [-0.1, -0.05) is 42.5 Å². The second kappa shape index (κ2) is 7.14. The maximum absolute atomic E-state index is 5.19. The molecular weight excluding hydrogens is 290 g/mol. The summed E-state index contributed by atoms with van der Waals surface area (Å²) in [6.07, 6.45) is 1.85. The summed E-state index contributed by atoms with van der Waals surface area (Å²) in [5.74, 6) is 1.80. The van der Waals surface area contributed by atoms with Crippen LogP contribution in [0.15, 0.2) is 77.8 Å². The lowest BCUT2D eigenvalue weighted by Gasteiger charge is -2.08. The molecule has 0 aliphatic rings. The molecule has 1 heterocycles. The molecule has 3 aromatic rings. The van der Waals surface area contributed by atoms with E-state index >= 15 is 0 Å². The molecule has 2 nitrogen and oxygen atoms in total. The van der Waals surface area contributed by atoms with Crippen LogP contribution in [0.5, 0.6) is 5.75 Å². The molecule has 2 aromatic carbocycles. The number of nitrogens with zero attached hydrogens (tertiary/aromatic N) is 1. The van der Waals surface area contributed by atoms with E-state index in [1.807, 2.05) is 42.6 Å².